The Labute approximate surface area is 262 Å². The van der Waals surface area contributed by atoms with Crippen molar-refractivity contribution in [3.63, 3.8) is 0 Å². The quantitative estimate of drug-likeness (QED) is 0.177. The molecule has 43 heavy (non-hydrogen) atoms. The first-order valence-corrected chi connectivity index (χ1v) is 15.2. The smallest absolute Gasteiger partial charge is 0.230 e. The number of halogens is 1. The highest BCUT2D eigenvalue weighted by molar-refractivity contribution is 14.1. The summed E-state index contributed by atoms with van der Waals surface area (Å²) in [5.41, 5.74) is 2.31. The number of carbonyl (C=O) groups excluding carboxylic acids is 4. The maximum absolute atomic E-state index is 14.4. The van der Waals surface area contributed by atoms with E-state index in [1.54, 1.807) is 52.0 Å². The Morgan fingerprint density at radius 3 is 2.37 bits per heavy atom. The van der Waals surface area contributed by atoms with E-state index in [4.69, 9.17) is 10.5 Å². The molecule has 1 amide bonds. The number of ketones is 2. The molecule has 10 nitrogen and oxygen atoms in total. The van der Waals surface area contributed by atoms with Crippen LogP contribution in [-0.2, 0) is 16.0 Å². The minimum Gasteiger partial charge on any atom is -0.506 e. The lowest BCUT2D eigenvalue weighted by atomic mass is 9.39. The van der Waals surface area contributed by atoms with Gasteiger partial charge in [-0.3, -0.25) is 19.2 Å². The van der Waals surface area contributed by atoms with Gasteiger partial charge in [0.25, 0.3) is 0 Å². The molecular weight excluding hydrogens is 669 g/mol. The van der Waals surface area contributed by atoms with E-state index in [-0.39, 0.29) is 30.1 Å². The first-order valence-electron chi connectivity index (χ1n) is 14.1. The molecule has 3 aliphatic carbocycles. The highest BCUT2D eigenvalue weighted by atomic mass is 127. The predicted molar refractivity (Wildman–Crippen MR) is 164 cm³/mol. The summed E-state index contributed by atoms with van der Waals surface area (Å²) in [6, 6.07) is 6.59. The third-order valence-corrected chi connectivity index (χ3v) is 11.2. The van der Waals surface area contributed by atoms with E-state index < -0.39 is 63.9 Å². The van der Waals surface area contributed by atoms with E-state index >= 15 is 0 Å². The molecule has 0 aliphatic heterocycles. The second kappa shape index (κ2) is 10.4. The number of primary amides is 1. The van der Waals surface area contributed by atoms with Crippen molar-refractivity contribution in [2.24, 2.45) is 40.2 Å². The zero-order valence-corrected chi connectivity index (χ0v) is 26.7. The molecule has 230 valence electrons. The van der Waals surface area contributed by atoms with Crippen molar-refractivity contribution in [1.82, 2.24) is 0 Å². The lowest BCUT2D eigenvalue weighted by molar-refractivity contribution is -0.265. The number of Topliss-reactive ketones (excluding diaryl/α,β-unsaturated/α-hetero) is 2. The van der Waals surface area contributed by atoms with E-state index in [1.165, 1.54) is 7.11 Å². The van der Waals surface area contributed by atoms with Crippen molar-refractivity contribution in [3.05, 3.63) is 44.5 Å². The van der Waals surface area contributed by atoms with Gasteiger partial charge in [-0.05, 0) is 88.1 Å². The standard InChI is InChI=1S/C32H36INO9/c1-13(2)22-26(38)21(29(34)41)27(39)32(42)28(40)23-25(37)20-17(10-30(23,3)12-31(22,32)4)15(9-18(33)24(20)36)16-8-14(11-35)6-7-19(16)43-5/h6-9,11,13,21-23,26,28,36,38,40,42H,10,12H2,1-5H3,(H2,34,41)/t21-,22+,23-,26?,28?,30-,31-,32+/m1/s1. The van der Waals surface area contributed by atoms with Crippen molar-refractivity contribution >= 4 is 46.4 Å². The van der Waals surface area contributed by atoms with Crippen LogP contribution >= 0.6 is 22.6 Å². The molecule has 2 unspecified atom stereocenters. The summed E-state index contributed by atoms with van der Waals surface area (Å²) in [5.74, 6) is -7.05. The Morgan fingerprint density at radius 1 is 1.16 bits per heavy atom. The van der Waals surface area contributed by atoms with E-state index in [9.17, 15) is 39.6 Å². The fourth-order valence-electron chi connectivity index (χ4n) is 8.82. The number of hydrogen-bond donors (Lipinski definition) is 5. The number of rotatable bonds is 5. The molecule has 0 radical (unpaired) electrons. The second-order valence-corrected chi connectivity index (χ2v) is 14.3. The molecule has 11 heteroatoms. The Morgan fingerprint density at radius 2 is 1.81 bits per heavy atom. The maximum Gasteiger partial charge on any atom is 0.230 e. The fraction of sp³-hybridized carbons (Fsp3) is 0.500. The number of fused-ring (bicyclic) bond motifs is 3. The number of aldehydes is 1. The minimum atomic E-state index is -2.58. The number of aromatic hydroxyl groups is 1. The summed E-state index contributed by atoms with van der Waals surface area (Å²) in [7, 11) is 1.48. The number of nitrogens with two attached hydrogens (primary N) is 1. The molecule has 2 fully saturated rings. The van der Waals surface area contributed by atoms with Crippen LogP contribution in [0.2, 0.25) is 0 Å². The van der Waals surface area contributed by atoms with Crippen molar-refractivity contribution in [3.8, 4) is 22.6 Å². The van der Waals surface area contributed by atoms with Gasteiger partial charge in [0.2, 0.25) is 5.91 Å². The first kappa shape index (κ1) is 31.6. The fourth-order valence-corrected chi connectivity index (χ4v) is 9.40. The van der Waals surface area contributed by atoms with Crippen LogP contribution in [0.5, 0.6) is 11.5 Å². The summed E-state index contributed by atoms with van der Waals surface area (Å²) in [4.78, 5) is 52.4. The average molecular weight is 706 g/mol. The summed E-state index contributed by atoms with van der Waals surface area (Å²) < 4.78 is 5.92. The number of carbonyl (C=O) groups is 4. The SMILES string of the molecule is COc1ccc(C=O)cc1-c1cc(I)c(O)c2c1C[C@]1(C)C[C@]3(C)[C@@H](C(C)C)C(O)[C@@H](C(N)=O)C(=O)[C@]3(O)C(O)[C@H]1C2=O. The number of aliphatic hydroxyl groups is 3. The second-order valence-electron chi connectivity index (χ2n) is 13.2. The lowest BCUT2D eigenvalue weighted by Gasteiger charge is -2.66. The Balaban J connectivity index is 1.78. The third kappa shape index (κ3) is 4.14. The van der Waals surface area contributed by atoms with Crippen LogP contribution in [0.4, 0.5) is 0 Å². The molecule has 3 aliphatic rings. The topological polar surface area (TPSA) is 184 Å². The number of aliphatic hydroxyl groups excluding tert-OH is 2. The molecule has 0 heterocycles. The Hall–Kier alpha value is -2.87. The molecule has 5 rings (SSSR count). The van der Waals surface area contributed by atoms with Gasteiger partial charge in [-0.15, -0.1) is 0 Å². The molecule has 0 spiro atoms. The number of benzene rings is 2. The van der Waals surface area contributed by atoms with Crippen LogP contribution < -0.4 is 10.5 Å². The van der Waals surface area contributed by atoms with Crippen molar-refractivity contribution in [2.45, 2.75) is 58.3 Å². The number of phenols is 1. The third-order valence-electron chi connectivity index (χ3n) is 10.4. The van der Waals surface area contributed by atoms with Crippen LogP contribution in [0.15, 0.2) is 24.3 Å². The van der Waals surface area contributed by atoms with Crippen molar-refractivity contribution in [1.29, 1.82) is 0 Å². The number of phenolic OH excluding ortho intramolecular Hbond substituents is 1. The zero-order valence-electron chi connectivity index (χ0n) is 24.6. The van der Waals surface area contributed by atoms with Gasteiger partial charge in [0.15, 0.2) is 17.2 Å². The summed E-state index contributed by atoms with van der Waals surface area (Å²) in [6.07, 6.45) is -2.61. The Kier molecular flexibility index (Phi) is 7.60. The van der Waals surface area contributed by atoms with Gasteiger partial charge < -0.3 is 30.9 Å². The van der Waals surface area contributed by atoms with Crippen LogP contribution in [0, 0.1) is 38.1 Å². The van der Waals surface area contributed by atoms with Crippen LogP contribution in [0.1, 0.15) is 60.4 Å². The monoisotopic (exact) mass is 705 g/mol. The molecular formula is C32H36INO9. The molecule has 2 aromatic carbocycles. The summed E-state index contributed by atoms with van der Waals surface area (Å²) in [5, 5.41) is 46.8. The molecule has 8 atom stereocenters. The molecule has 0 aromatic heterocycles. The largest absolute Gasteiger partial charge is 0.506 e. The summed E-state index contributed by atoms with van der Waals surface area (Å²) in [6.45, 7) is 6.99. The zero-order chi connectivity index (χ0) is 32.0. The van der Waals surface area contributed by atoms with Gasteiger partial charge in [-0.25, -0.2) is 0 Å². The minimum absolute atomic E-state index is 0.0260. The van der Waals surface area contributed by atoms with Gasteiger partial charge >= 0.3 is 0 Å². The highest BCUT2D eigenvalue weighted by Crippen LogP contribution is 2.66. The molecule has 0 saturated heterocycles. The van der Waals surface area contributed by atoms with Crippen LogP contribution in [0.25, 0.3) is 11.1 Å². The Bertz CT molecular complexity index is 1570. The molecule has 0 bridgehead atoms. The van der Waals surface area contributed by atoms with Crippen molar-refractivity contribution in [2.75, 3.05) is 7.11 Å². The van der Waals surface area contributed by atoms with Gasteiger partial charge in [0.05, 0.1) is 28.3 Å². The van der Waals surface area contributed by atoms with Gasteiger partial charge in [0.1, 0.15) is 29.8 Å². The van der Waals surface area contributed by atoms with E-state index in [0.717, 1.165) is 0 Å². The number of ether oxygens (including phenoxy) is 1. The van der Waals surface area contributed by atoms with Gasteiger partial charge in [-0.1, -0.05) is 27.7 Å². The maximum atomic E-state index is 14.4. The van der Waals surface area contributed by atoms with Crippen LogP contribution in [0.3, 0.4) is 0 Å². The van der Waals surface area contributed by atoms with Gasteiger partial charge in [0, 0.05) is 16.5 Å². The normalized spacial score (nSPS) is 35.2. The number of hydrogen-bond acceptors (Lipinski definition) is 9. The average Bonchev–Trinajstić information content (AvgIpc) is 2.91. The van der Waals surface area contributed by atoms with E-state index in [0.29, 0.717) is 37.9 Å². The predicted octanol–water partition coefficient (Wildman–Crippen LogP) is 2.67. The van der Waals surface area contributed by atoms with E-state index in [1.807, 2.05) is 22.6 Å². The van der Waals surface area contributed by atoms with Crippen LogP contribution in [-0.4, -0.2) is 69.1 Å². The number of methoxy groups -OCH3 is 1. The van der Waals surface area contributed by atoms with Gasteiger partial charge in [-0.2, -0.15) is 0 Å². The van der Waals surface area contributed by atoms with Crippen molar-refractivity contribution < 1.29 is 44.3 Å². The highest BCUT2D eigenvalue weighted by Gasteiger charge is 2.76. The molecule has 6 N–H and O–H groups in total. The van der Waals surface area contributed by atoms with E-state index in [2.05, 4.69) is 0 Å². The summed E-state index contributed by atoms with van der Waals surface area (Å²) >= 11 is 1.89. The number of amides is 1. The molecule has 2 saturated carbocycles. The lowest BCUT2D eigenvalue weighted by Crippen LogP contribution is -2.79. The molecule has 2 aromatic rings. The first-order chi connectivity index (χ1) is 20.0.